The molecule has 0 aromatic carbocycles. The molecule has 0 saturated heterocycles. The van der Waals surface area contributed by atoms with E-state index in [4.69, 9.17) is 14.2 Å². The molecule has 0 aromatic rings. The van der Waals surface area contributed by atoms with Crippen molar-refractivity contribution in [3.05, 3.63) is 60.8 Å². The van der Waals surface area contributed by atoms with Gasteiger partial charge in [-0.1, -0.05) is 229 Å². The minimum absolute atomic E-state index is 0.0814. The van der Waals surface area contributed by atoms with Crippen molar-refractivity contribution in [2.45, 2.75) is 271 Å². The SMILES string of the molecule is CC/C=C\C/C=C\C/C=C\C/C=C\CCCCCCCCC(=O)OCC(COC(=O)CCCCCCC/C=C\CCCC)OC(=O)CCCCCCCCCCCCCCCCC. The van der Waals surface area contributed by atoms with Crippen molar-refractivity contribution >= 4 is 17.9 Å². The third-order valence-electron chi connectivity index (χ3n) is 11.5. The van der Waals surface area contributed by atoms with Gasteiger partial charge in [-0.25, -0.2) is 0 Å². The fourth-order valence-electron chi connectivity index (χ4n) is 7.47. The van der Waals surface area contributed by atoms with E-state index in [9.17, 15) is 14.4 Å². The molecule has 6 nitrogen and oxygen atoms in total. The summed E-state index contributed by atoms with van der Waals surface area (Å²) in [5.41, 5.74) is 0. The summed E-state index contributed by atoms with van der Waals surface area (Å²) >= 11 is 0. The van der Waals surface area contributed by atoms with E-state index in [2.05, 4.69) is 81.5 Å². The zero-order valence-electron chi connectivity index (χ0n) is 41.6. The van der Waals surface area contributed by atoms with E-state index in [0.717, 1.165) is 96.3 Å². The molecule has 0 N–H and O–H groups in total. The molecule has 364 valence electrons. The molecule has 63 heavy (non-hydrogen) atoms. The zero-order valence-corrected chi connectivity index (χ0v) is 41.6. The van der Waals surface area contributed by atoms with E-state index in [0.29, 0.717) is 19.3 Å². The molecular weight excluding hydrogens is 781 g/mol. The second-order valence-electron chi connectivity index (χ2n) is 17.8. The number of allylic oxidation sites excluding steroid dienone is 10. The number of esters is 3. The van der Waals surface area contributed by atoms with Gasteiger partial charge in [-0.15, -0.1) is 0 Å². The molecule has 6 heteroatoms. The van der Waals surface area contributed by atoms with E-state index >= 15 is 0 Å². The molecule has 0 heterocycles. The van der Waals surface area contributed by atoms with Gasteiger partial charge in [0.25, 0.3) is 0 Å². The van der Waals surface area contributed by atoms with Crippen LogP contribution in [0.15, 0.2) is 60.8 Å². The van der Waals surface area contributed by atoms with Gasteiger partial charge in [0.1, 0.15) is 13.2 Å². The van der Waals surface area contributed by atoms with Gasteiger partial charge in [-0.2, -0.15) is 0 Å². The lowest BCUT2D eigenvalue weighted by atomic mass is 10.0. The van der Waals surface area contributed by atoms with Crippen molar-refractivity contribution in [2.24, 2.45) is 0 Å². The Morgan fingerprint density at radius 2 is 0.635 bits per heavy atom. The first-order valence-electron chi connectivity index (χ1n) is 26.8. The molecule has 1 atom stereocenters. The Morgan fingerprint density at radius 3 is 1.03 bits per heavy atom. The van der Waals surface area contributed by atoms with Crippen LogP contribution in [0, 0.1) is 0 Å². The van der Waals surface area contributed by atoms with Crippen molar-refractivity contribution in [1.82, 2.24) is 0 Å². The predicted octanol–water partition coefficient (Wildman–Crippen LogP) is 17.6. The summed E-state index contributed by atoms with van der Waals surface area (Å²) in [6.45, 7) is 6.48. The van der Waals surface area contributed by atoms with Crippen molar-refractivity contribution in [1.29, 1.82) is 0 Å². The molecule has 0 aliphatic rings. The van der Waals surface area contributed by atoms with Crippen molar-refractivity contribution in [2.75, 3.05) is 13.2 Å². The molecule has 0 saturated carbocycles. The van der Waals surface area contributed by atoms with Crippen LogP contribution in [0.1, 0.15) is 265 Å². The first-order valence-corrected chi connectivity index (χ1v) is 26.8. The number of ether oxygens (including phenoxy) is 3. The Balaban J connectivity index is 4.36. The molecule has 0 aliphatic carbocycles. The lowest BCUT2D eigenvalue weighted by Gasteiger charge is -2.18. The van der Waals surface area contributed by atoms with Gasteiger partial charge in [0, 0.05) is 19.3 Å². The van der Waals surface area contributed by atoms with Gasteiger partial charge in [-0.3, -0.25) is 14.4 Å². The predicted molar refractivity (Wildman–Crippen MR) is 270 cm³/mol. The number of carbonyl (C=O) groups excluding carboxylic acids is 3. The average molecular weight is 881 g/mol. The summed E-state index contributed by atoms with van der Waals surface area (Å²) in [6.07, 6.45) is 63.5. The lowest BCUT2D eigenvalue weighted by Crippen LogP contribution is -2.30. The first kappa shape index (κ1) is 60.1. The summed E-state index contributed by atoms with van der Waals surface area (Å²) in [5.74, 6) is -0.897. The zero-order chi connectivity index (χ0) is 45.8. The molecule has 0 spiro atoms. The highest BCUT2D eigenvalue weighted by Gasteiger charge is 2.19. The number of carbonyl (C=O) groups is 3. The second kappa shape index (κ2) is 51.7. The minimum atomic E-state index is -0.780. The van der Waals surface area contributed by atoms with Crippen LogP contribution in [0.2, 0.25) is 0 Å². The van der Waals surface area contributed by atoms with Crippen LogP contribution in [-0.2, 0) is 28.6 Å². The number of hydrogen-bond donors (Lipinski definition) is 0. The van der Waals surface area contributed by atoms with Crippen LogP contribution in [0.5, 0.6) is 0 Å². The van der Waals surface area contributed by atoms with E-state index in [1.807, 2.05) is 0 Å². The van der Waals surface area contributed by atoms with E-state index < -0.39 is 6.10 Å². The number of unbranched alkanes of at least 4 members (excludes halogenated alkanes) is 27. The molecule has 0 aliphatic heterocycles. The fraction of sp³-hybridized carbons (Fsp3) is 0.772. The maximum absolute atomic E-state index is 12.8. The smallest absolute Gasteiger partial charge is 0.306 e. The molecule has 1 unspecified atom stereocenters. The standard InChI is InChI=1S/C57H100O6/c1-4-7-10-13-16-19-22-24-26-27-28-29-31-32-35-38-41-44-47-50-56(59)62-53-54(52-61-55(58)49-46-43-40-37-34-21-18-15-12-9-6-3)63-57(60)51-48-45-42-39-36-33-30-25-23-20-17-14-11-8-5-2/h7,10,15-16,18-19,24,26,28-29,54H,4-6,8-9,11-14,17,20-23,25,27,30-53H2,1-3H3/b10-7-,18-15-,19-16-,26-24-,29-28-. The summed E-state index contributed by atoms with van der Waals surface area (Å²) in [4.78, 5) is 38.0. The largest absolute Gasteiger partial charge is 0.462 e. The van der Waals surface area contributed by atoms with Crippen molar-refractivity contribution < 1.29 is 28.6 Å². The van der Waals surface area contributed by atoms with Crippen LogP contribution in [0.3, 0.4) is 0 Å². The average Bonchev–Trinajstić information content (AvgIpc) is 3.28. The quantitative estimate of drug-likeness (QED) is 0.0262. The number of rotatable bonds is 48. The maximum Gasteiger partial charge on any atom is 0.306 e. The van der Waals surface area contributed by atoms with Gasteiger partial charge in [0.15, 0.2) is 6.10 Å². The lowest BCUT2D eigenvalue weighted by molar-refractivity contribution is -0.167. The maximum atomic E-state index is 12.8. The Bertz CT molecular complexity index is 1150. The van der Waals surface area contributed by atoms with Crippen LogP contribution >= 0.6 is 0 Å². The first-order chi connectivity index (χ1) is 31.0. The van der Waals surface area contributed by atoms with Gasteiger partial charge in [0.2, 0.25) is 0 Å². The summed E-state index contributed by atoms with van der Waals surface area (Å²) in [7, 11) is 0. The van der Waals surface area contributed by atoms with Crippen LogP contribution in [0.25, 0.3) is 0 Å². The number of hydrogen-bond acceptors (Lipinski definition) is 6. The van der Waals surface area contributed by atoms with Crippen LogP contribution in [0.4, 0.5) is 0 Å². The highest BCUT2D eigenvalue weighted by Crippen LogP contribution is 2.15. The molecule has 0 aromatic heterocycles. The molecule has 0 fully saturated rings. The summed E-state index contributed by atoms with van der Waals surface area (Å²) in [6, 6.07) is 0. The Morgan fingerprint density at radius 1 is 0.333 bits per heavy atom. The summed E-state index contributed by atoms with van der Waals surface area (Å²) in [5, 5.41) is 0. The van der Waals surface area contributed by atoms with Gasteiger partial charge < -0.3 is 14.2 Å². The third kappa shape index (κ3) is 50.0. The molecule has 0 radical (unpaired) electrons. The molecular formula is C57H100O6. The van der Waals surface area contributed by atoms with Crippen molar-refractivity contribution in [3.8, 4) is 0 Å². The topological polar surface area (TPSA) is 78.9 Å². The van der Waals surface area contributed by atoms with E-state index in [-0.39, 0.29) is 31.1 Å². The van der Waals surface area contributed by atoms with E-state index in [1.54, 1.807) is 0 Å². The highest BCUT2D eigenvalue weighted by atomic mass is 16.6. The molecule has 0 amide bonds. The molecule has 0 bridgehead atoms. The van der Waals surface area contributed by atoms with Gasteiger partial charge >= 0.3 is 17.9 Å². The highest BCUT2D eigenvalue weighted by molar-refractivity contribution is 5.71. The Kier molecular flexibility index (Phi) is 49.4. The van der Waals surface area contributed by atoms with Crippen LogP contribution < -0.4 is 0 Å². The third-order valence-corrected chi connectivity index (χ3v) is 11.5. The van der Waals surface area contributed by atoms with Gasteiger partial charge in [-0.05, 0) is 77.0 Å². The molecule has 0 rings (SSSR count). The summed E-state index contributed by atoms with van der Waals surface area (Å²) < 4.78 is 16.8. The van der Waals surface area contributed by atoms with Crippen molar-refractivity contribution in [3.63, 3.8) is 0 Å². The Hall–Kier alpha value is -2.89. The second-order valence-corrected chi connectivity index (χ2v) is 17.8. The Labute approximate surface area is 390 Å². The fourth-order valence-corrected chi connectivity index (χ4v) is 7.47. The van der Waals surface area contributed by atoms with Gasteiger partial charge in [0.05, 0.1) is 0 Å². The monoisotopic (exact) mass is 881 g/mol. The van der Waals surface area contributed by atoms with Crippen LogP contribution in [-0.4, -0.2) is 37.2 Å². The minimum Gasteiger partial charge on any atom is -0.462 e. The van der Waals surface area contributed by atoms with E-state index in [1.165, 1.54) is 128 Å². The normalized spacial score (nSPS) is 12.5.